The molecule has 0 heterocycles. The molecular weight excluding hydrogens is 368 g/mol. The summed E-state index contributed by atoms with van der Waals surface area (Å²) in [6.45, 7) is 10.2. The molecule has 0 fully saturated rings. The van der Waals surface area contributed by atoms with Gasteiger partial charge in [-0.3, -0.25) is 9.59 Å². The van der Waals surface area contributed by atoms with Crippen LogP contribution in [0.4, 0.5) is 0 Å². The van der Waals surface area contributed by atoms with Gasteiger partial charge < -0.3 is 19.0 Å². The van der Waals surface area contributed by atoms with Crippen molar-refractivity contribution >= 4 is 34.2 Å². The van der Waals surface area contributed by atoms with Gasteiger partial charge in [-0.15, -0.1) is 0 Å². The second-order valence-electron chi connectivity index (χ2n) is 7.13. The van der Waals surface area contributed by atoms with Crippen LogP contribution in [0, 0.1) is 5.41 Å². The van der Waals surface area contributed by atoms with Crippen LogP contribution >= 0.6 is 15.9 Å². The zero-order valence-corrected chi connectivity index (χ0v) is 16.3. The van der Waals surface area contributed by atoms with Crippen molar-refractivity contribution in [2.45, 2.75) is 57.9 Å². The molecule has 0 saturated heterocycles. The number of ether oxygens (including phenoxy) is 3. The van der Waals surface area contributed by atoms with Gasteiger partial charge in [-0.2, -0.15) is 0 Å². The van der Waals surface area contributed by atoms with E-state index < -0.39 is 21.3 Å². The predicted molar refractivity (Wildman–Crippen MR) is 89.4 cm³/mol. The number of hydrogen-bond donors (Lipinski definition) is 0. The van der Waals surface area contributed by atoms with Crippen molar-refractivity contribution in [3.05, 3.63) is 0 Å². The highest BCUT2D eigenvalue weighted by Gasteiger charge is 2.34. The summed E-state index contributed by atoms with van der Waals surface area (Å²) in [6.07, 6.45) is 0.940. The molecule has 134 valence electrons. The molecule has 0 bridgehead atoms. The van der Waals surface area contributed by atoms with E-state index in [1.54, 1.807) is 41.5 Å². The summed E-state index contributed by atoms with van der Waals surface area (Å²) in [6, 6.07) is 0. The van der Waals surface area contributed by atoms with Gasteiger partial charge in [0, 0.05) is 6.42 Å². The molecule has 0 N–H and O–H groups in total. The lowest BCUT2D eigenvalue weighted by atomic mass is 9.97. The Morgan fingerprint density at radius 1 is 0.957 bits per heavy atom. The zero-order chi connectivity index (χ0) is 18.3. The Morgan fingerprint density at radius 3 is 1.83 bits per heavy atom. The van der Waals surface area contributed by atoms with Gasteiger partial charge in [-0.1, -0.05) is 15.9 Å². The fraction of sp³-hybridized carbons (Fsp3) is 0.812. The Balaban J connectivity index is 4.78. The number of aldehydes is 1. The van der Waals surface area contributed by atoms with Gasteiger partial charge in [-0.25, -0.2) is 0 Å². The number of halogens is 1. The van der Waals surface area contributed by atoms with E-state index >= 15 is 0 Å². The zero-order valence-electron chi connectivity index (χ0n) is 14.7. The quantitative estimate of drug-likeness (QED) is 0.259. The highest BCUT2D eigenvalue weighted by Crippen LogP contribution is 2.21. The number of hydrogen-bond acceptors (Lipinski definition) is 6. The Labute approximate surface area is 146 Å². The average Bonchev–Trinajstić information content (AvgIpc) is 2.40. The first kappa shape index (κ1) is 22.1. The van der Waals surface area contributed by atoms with Gasteiger partial charge in [0.05, 0.1) is 12.0 Å². The highest BCUT2D eigenvalue weighted by molar-refractivity contribution is 9.10. The summed E-state index contributed by atoms with van der Waals surface area (Å²) in [5, 5.41) is 0. The molecule has 1 atom stereocenters. The van der Waals surface area contributed by atoms with Crippen LogP contribution in [0.1, 0.15) is 48.0 Å². The Kier molecular flexibility index (Phi) is 8.41. The van der Waals surface area contributed by atoms with Crippen LogP contribution in [0.3, 0.4) is 0 Å². The van der Waals surface area contributed by atoms with Crippen molar-refractivity contribution < 1.29 is 28.6 Å². The van der Waals surface area contributed by atoms with Crippen LogP contribution in [0.15, 0.2) is 0 Å². The van der Waals surface area contributed by atoms with E-state index in [-0.39, 0.29) is 32.2 Å². The largest absolute Gasteiger partial charge is 0.462 e. The molecule has 0 aliphatic heterocycles. The molecule has 6 nitrogen and oxygen atoms in total. The maximum absolute atomic E-state index is 11.9. The fourth-order valence-electron chi connectivity index (χ4n) is 1.30. The normalized spacial score (nSPS) is 14.7. The van der Waals surface area contributed by atoms with Crippen LogP contribution in [0.25, 0.3) is 0 Å². The maximum atomic E-state index is 11.9. The van der Waals surface area contributed by atoms with E-state index in [2.05, 4.69) is 15.9 Å². The monoisotopic (exact) mass is 394 g/mol. The van der Waals surface area contributed by atoms with Gasteiger partial charge in [0.2, 0.25) is 0 Å². The smallest absolute Gasteiger partial charge is 0.322 e. The summed E-state index contributed by atoms with van der Waals surface area (Å²) in [4.78, 5) is 34.2. The number of esters is 2. The molecule has 0 aliphatic rings. The van der Waals surface area contributed by atoms with Crippen molar-refractivity contribution in [1.82, 2.24) is 0 Å². The number of rotatable bonds is 9. The number of alkyl halides is 1. The lowest BCUT2D eigenvalue weighted by Gasteiger charge is -2.31. The molecule has 0 aromatic carbocycles. The summed E-state index contributed by atoms with van der Waals surface area (Å²) >= 11 is 3.22. The minimum atomic E-state index is -1.02. The second kappa shape index (κ2) is 8.78. The minimum absolute atomic E-state index is 0.0715. The molecule has 0 radical (unpaired) electrons. The third-order valence-electron chi connectivity index (χ3n) is 2.80. The molecule has 0 aromatic heterocycles. The van der Waals surface area contributed by atoms with E-state index in [4.69, 9.17) is 14.2 Å². The Hall–Kier alpha value is -0.950. The highest BCUT2D eigenvalue weighted by atomic mass is 79.9. The molecule has 7 heteroatoms. The predicted octanol–water partition coefficient (Wildman–Crippen LogP) is 2.66. The third-order valence-corrected chi connectivity index (χ3v) is 3.12. The van der Waals surface area contributed by atoms with Crippen molar-refractivity contribution in [1.29, 1.82) is 0 Å². The summed E-state index contributed by atoms with van der Waals surface area (Å²) in [5.74, 6) is -0.834. The third kappa shape index (κ3) is 9.05. The van der Waals surface area contributed by atoms with E-state index in [0.717, 1.165) is 6.29 Å². The maximum Gasteiger partial charge on any atom is 0.322 e. The van der Waals surface area contributed by atoms with Crippen molar-refractivity contribution in [2.24, 2.45) is 5.41 Å². The lowest BCUT2D eigenvalue weighted by molar-refractivity contribution is -0.174. The molecule has 0 aliphatic carbocycles. The number of carbonyl (C=O) groups excluding carboxylic acids is 3. The molecular formula is C16H27BrO6. The van der Waals surface area contributed by atoms with Gasteiger partial charge in [-0.05, 0) is 41.5 Å². The van der Waals surface area contributed by atoms with E-state index in [1.165, 1.54) is 0 Å². The van der Waals surface area contributed by atoms with E-state index in [1.807, 2.05) is 0 Å². The Morgan fingerprint density at radius 2 is 1.43 bits per heavy atom. The molecule has 1 unspecified atom stereocenters. The van der Waals surface area contributed by atoms with Gasteiger partial charge in [0.1, 0.15) is 29.4 Å². The summed E-state index contributed by atoms with van der Waals surface area (Å²) < 4.78 is 15.3. The first-order chi connectivity index (χ1) is 10.3. The minimum Gasteiger partial charge on any atom is -0.462 e. The van der Waals surface area contributed by atoms with E-state index in [0.29, 0.717) is 0 Å². The molecule has 0 rings (SSSR count). The summed E-state index contributed by atoms with van der Waals surface area (Å²) in [5.41, 5.74) is -1.66. The molecule has 0 spiro atoms. The first-order valence-electron chi connectivity index (χ1n) is 7.43. The first-order valence-corrected chi connectivity index (χ1v) is 8.22. The van der Waals surface area contributed by atoms with Crippen molar-refractivity contribution in [3.8, 4) is 0 Å². The molecule has 0 amide bonds. The molecule has 0 saturated carbocycles. The second-order valence-corrected chi connectivity index (χ2v) is 9.11. The topological polar surface area (TPSA) is 78.9 Å². The standard InChI is InChI=1S/C16H27BrO6/c1-14(2,3)12(19)21-10-16(6,23-9-7-8-18)11-22-13(20)15(4,5)17/h8H,7,9-11H2,1-6H3. The molecule has 0 aromatic rings. The van der Waals surface area contributed by atoms with E-state index in [9.17, 15) is 14.4 Å². The SMILES string of the molecule is CC(COC(=O)C(C)(C)C)(COC(=O)C(C)(C)Br)OCCC=O. The van der Waals surface area contributed by atoms with Gasteiger partial charge in [0.25, 0.3) is 0 Å². The van der Waals surface area contributed by atoms with Crippen LogP contribution in [0.2, 0.25) is 0 Å². The average molecular weight is 395 g/mol. The van der Waals surface area contributed by atoms with Crippen molar-refractivity contribution in [3.63, 3.8) is 0 Å². The van der Waals surface area contributed by atoms with Crippen LogP contribution < -0.4 is 0 Å². The van der Waals surface area contributed by atoms with Crippen LogP contribution in [0.5, 0.6) is 0 Å². The van der Waals surface area contributed by atoms with Crippen LogP contribution in [-0.2, 0) is 28.6 Å². The Bertz CT molecular complexity index is 389. The van der Waals surface area contributed by atoms with Crippen molar-refractivity contribution in [2.75, 3.05) is 19.8 Å². The lowest BCUT2D eigenvalue weighted by Crippen LogP contribution is -2.44. The van der Waals surface area contributed by atoms with Gasteiger partial charge >= 0.3 is 11.9 Å². The molecule has 23 heavy (non-hydrogen) atoms. The van der Waals surface area contributed by atoms with Gasteiger partial charge in [0.15, 0.2) is 0 Å². The summed E-state index contributed by atoms with van der Waals surface area (Å²) in [7, 11) is 0. The number of carbonyl (C=O) groups is 3. The van der Waals surface area contributed by atoms with Crippen LogP contribution in [-0.4, -0.2) is 48.0 Å². The fourth-order valence-corrected chi connectivity index (χ4v) is 1.42.